The van der Waals surface area contributed by atoms with Gasteiger partial charge < -0.3 is 20.1 Å². The quantitative estimate of drug-likeness (QED) is 0.344. The molecule has 11 nitrogen and oxygen atoms in total. The van der Waals surface area contributed by atoms with Crippen molar-refractivity contribution < 1.29 is 9.47 Å². The van der Waals surface area contributed by atoms with Crippen molar-refractivity contribution in [2.75, 3.05) is 17.2 Å². The Bertz CT molecular complexity index is 1630. The highest BCUT2D eigenvalue weighted by atomic mass is 16.5. The fraction of sp³-hybridized carbons (Fsp3) is 0.231. The lowest BCUT2D eigenvalue weighted by Crippen LogP contribution is -2.13. The average molecular weight is 496 g/mol. The maximum absolute atomic E-state index is 5.99. The second-order valence-corrected chi connectivity index (χ2v) is 9.17. The van der Waals surface area contributed by atoms with Crippen LogP contribution in [0.25, 0.3) is 16.6 Å². The molecule has 0 aliphatic carbocycles. The Morgan fingerprint density at radius 1 is 1.00 bits per heavy atom. The van der Waals surface area contributed by atoms with Gasteiger partial charge in [-0.2, -0.15) is 0 Å². The molecule has 0 amide bonds. The lowest BCUT2D eigenvalue weighted by Gasteiger charge is -2.13. The maximum atomic E-state index is 5.99. The first-order chi connectivity index (χ1) is 18.0. The Balaban J connectivity index is 1.22. The summed E-state index contributed by atoms with van der Waals surface area (Å²) in [6.45, 7) is 6.85. The monoisotopic (exact) mass is 495 g/mol. The molecule has 3 aromatic heterocycles. The van der Waals surface area contributed by atoms with Crippen molar-refractivity contribution in [3.8, 4) is 11.6 Å². The van der Waals surface area contributed by atoms with Gasteiger partial charge in [0.1, 0.15) is 37.2 Å². The number of rotatable bonds is 6. The van der Waals surface area contributed by atoms with Crippen LogP contribution in [0.4, 0.5) is 17.2 Å². The van der Waals surface area contributed by atoms with E-state index in [4.69, 9.17) is 9.47 Å². The molecule has 186 valence electrons. The Morgan fingerprint density at radius 2 is 1.86 bits per heavy atom. The predicted molar refractivity (Wildman–Crippen MR) is 140 cm³/mol. The van der Waals surface area contributed by atoms with Gasteiger partial charge in [0.15, 0.2) is 5.65 Å². The van der Waals surface area contributed by atoms with Gasteiger partial charge in [0.05, 0.1) is 11.6 Å². The van der Waals surface area contributed by atoms with Crippen LogP contribution in [-0.2, 0) is 4.74 Å². The standard InChI is InChI=1S/C26H25N9O2/c1-15(2)21-11-36-26(33-21)32-18-4-6-20-19(9-18)25(28-12-27-20)31-17-5-7-22(16(3)8-17)37-24-10-23-34-30-14-35(23)13-29-24/h4-10,12-15,21H,11H2,1-3H3,(H,32,33)(H,27,28,31). The fourth-order valence-corrected chi connectivity index (χ4v) is 4.01. The van der Waals surface area contributed by atoms with E-state index >= 15 is 0 Å². The summed E-state index contributed by atoms with van der Waals surface area (Å²) in [4.78, 5) is 17.8. The van der Waals surface area contributed by atoms with E-state index in [9.17, 15) is 0 Å². The minimum absolute atomic E-state index is 0.167. The number of fused-ring (bicyclic) bond motifs is 2. The van der Waals surface area contributed by atoms with Crippen LogP contribution in [0.15, 0.2) is 66.4 Å². The van der Waals surface area contributed by atoms with Crippen molar-refractivity contribution in [3.05, 3.63) is 67.0 Å². The van der Waals surface area contributed by atoms with Crippen molar-refractivity contribution in [2.45, 2.75) is 26.8 Å². The Hall–Kier alpha value is -4.80. The number of nitrogens with one attached hydrogen (secondary N) is 2. The zero-order valence-electron chi connectivity index (χ0n) is 20.6. The molecule has 11 heteroatoms. The van der Waals surface area contributed by atoms with E-state index in [1.54, 1.807) is 29.4 Å². The summed E-state index contributed by atoms with van der Waals surface area (Å²) < 4.78 is 13.4. The average Bonchev–Trinajstić information content (AvgIpc) is 3.55. The summed E-state index contributed by atoms with van der Waals surface area (Å²) in [6, 6.07) is 14.1. The molecule has 1 aliphatic rings. The Labute approximate surface area is 212 Å². The van der Waals surface area contributed by atoms with Crippen LogP contribution in [0.2, 0.25) is 0 Å². The molecule has 0 saturated carbocycles. The highest BCUT2D eigenvalue weighted by Gasteiger charge is 2.22. The van der Waals surface area contributed by atoms with Crippen molar-refractivity contribution >= 4 is 39.8 Å². The van der Waals surface area contributed by atoms with Crippen molar-refractivity contribution in [2.24, 2.45) is 10.9 Å². The van der Waals surface area contributed by atoms with Crippen LogP contribution >= 0.6 is 0 Å². The van der Waals surface area contributed by atoms with Crippen LogP contribution < -0.4 is 15.4 Å². The van der Waals surface area contributed by atoms with E-state index < -0.39 is 0 Å². The van der Waals surface area contributed by atoms with Crippen LogP contribution in [0.3, 0.4) is 0 Å². The molecule has 2 N–H and O–H groups in total. The molecule has 1 unspecified atom stereocenters. The second kappa shape index (κ2) is 9.34. The molecule has 0 fully saturated rings. The third-order valence-electron chi connectivity index (χ3n) is 6.14. The first-order valence-electron chi connectivity index (χ1n) is 11.9. The molecule has 0 spiro atoms. The van der Waals surface area contributed by atoms with Gasteiger partial charge in [0.25, 0.3) is 6.02 Å². The van der Waals surface area contributed by atoms with E-state index in [1.807, 2.05) is 43.3 Å². The SMILES string of the molecule is Cc1cc(Nc2ncnc3ccc(NC4=NC(C(C)C)CO4)cc23)ccc1Oc1cc2nncn2cn1. The number of aromatic nitrogens is 6. The maximum Gasteiger partial charge on any atom is 0.289 e. The lowest BCUT2D eigenvalue weighted by molar-refractivity contribution is 0.290. The second-order valence-electron chi connectivity index (χ2n) is 9.17. The molecular weight excluding hydrogens is 470 g/mol. The van der Waals surface area contributed by atoms with Crippen molar-refractivity contribution in [1.29, 1.82) is 0 Å². The number of benzene rings is 2. The number of anilines is 3. The first-order valence-corrected chi connectivity index (χ1v) is 11.9. The van der Waals surface area contributed by atoms with E-state index in [1.165, 1.54) is 0 Å². The number of ether oxygens (including phenoxy) is 2. The molecule has 2 aromatic carbocycles. The zero-order chi connectivity index (χ0) is 25.4. The molecule has 0 bridgehead atoms. The van der Waals surface area contributed by atoms with Gasteiger partial charge in [-0.1, -0.05) is 13.8 Å². The number of nitrogens with zero attached hydrogens (tertiary/aromatic N) is 7. The highest BCUT2D eigenvalue weighted by Crippen LogP contribution is 2.30. The van der Waals surface area contributed by atoms with Gasteiger partial charge in [-0.3, -0.25) is 4.40 Å². The third kappa shape index (κ3) is 4.70. The normalized spacial score (nSPS) is 15.1. The predicted octanol–water partition coefficient (Wildman–Crippen LogP) is 4.73. The molecule has 1 aliphatic heterocycles. The minimum atomic E-state index is 0.167. The molecule has 37 heavy (non-hydrogen) atoms. The summed E-state index contributed by atoms with van der Waals surface area (Å²) in [6.07, 6.45) is 4.76. The summed E-state index contributed by atoms with van der Waals surface area (Å²) >= 11 is 0. The molecule has 4 heterocycles. The molecule has 0 radical (unpaired) electrons. The number of amidine groups is 1. The van der Waals surface area contributed by atoms with E-state index in [2.05, 4.69) is 54.6 Å². The Morgan fingerprint density at radius 3 is 2.70 bits per heavy atom. The zero-order valence-corrected chi connectivity index (χ0v) is 20.6. The third-order valence-corrected chi connectivity index (χ3v) is 6.14. The smallest absolute Gasteiger partial charge is 0.289 e. The molecule has 6 rings (SSSR count). The summed E-state index contributed by atoms with van der Waals surface area (Å²) in [5, 5.41) is 15.4. The fourth-order valence-electron chi connectivity index (χ4n) is 4.01. The van der Waals surface area contributed by atoms with E-state index in [-0.39, 0.29) is 6.04 Å². The van der Waals surface area contributed by atoms with Gasteiger partial charge in [-0.25, -0.2) is 19.9 Å². The van der Waals surface area contributed by atoms with Gasteiger partial charge in [0.2, 0.25) is 5.88 Å². The van der Waals surface area contributed by atoms with Crippen molar-refractivity contribution in [1.82, 2.24) is 29.5 Å². The van der Waals surface area contributed by atoms with Crippen LogP contribution in [0.5, 0.6) is 11.6 Å². The number of hydrogen-bond donors (Lipinski definition) is 2. The van der Waals surface area contributed by atoms with Gasteiger partial charge in [-0.05, 0) is 54.8 Å². The van der Waals surface area contributed by atoms with Gasteiger partial charge in [0, 0.05) is 22.8 Å². The molecule has 1 atom stereocenters. The molecule has 5 aromatic rings. The number of aliphatic imine (C=N–C) groups is 1. The van der Waals surface area contributed by atoms with Crippen LogP contribution in [-0.4, -0.2) is 48.2 Å². The van der Waals surface area contributed by atoms with E-state index in [0.717, 1.165) is 27.8 Å². The van der Waals surface area contributed by atoms with Crippen molar-refractivity contribution in [3.63, 3.8) is 0 Å². The number of hydrogen-bond acceptors (Lipinski definition) is 10. The van der Waals surface area contributed by atoms with Gasteiger partial charge in [-0.15, -0.1) is 10.2 Å². The number of aryl methyl sites for hydroxylation is 1. The summed E-state index contributed by atoms with van der Waals surface area (Å²) in [5.74, 6) is 2.25. The summed E-state index contributed by atoms with van der Waals surface area (Å²) in [5.41, 5.74) is 4.14. The topological polar surface area (TPSA) is 124 Å². The van der Waals surface area contributed by atoms with Crippen LogP contribution in [0.1, 0.15) is 19.4 Å². The minimum Gasteiger partial charge on any atom is -0.463 e. The summed E-state index contributed by atoms with van der Waals surface area (Å²) in [7, 11) is 0. The van der Waals surface area contributed by atoms with Gasteiger partial charge >= 0.3 is 0 Å². The lowest BCUT2D eigenvalue weighted by atomic mass is 10.1. The Kier molecular flexibility index (Phi) is 5.72. The van der Waals surface area contributed by atoms with E-state index in [0.29, 0.717) is 41.6 Å². The largest absolute Gasteiger partial charge is 0.463 e. The molecular formula is C26H25N9O2. The first kappa shape index (κ1) is 22.7. The highest BCUT2D eigenvalue weighted by molar-refractivity contribution is 5.97. The van der Waals surface area contributed by atoms with Crippen LogP contribution in [0, 0.1) is 12.8 Å². The molecule has 0 saturated heterocycles.